The molecule has 1 fully saturated rings. The van der Waals surface area contributed by atoms with Gasteiger partial charge >= 0.3 is 0 Å². The summed E-state index contributed by atoms with van der Waals surface area (Å²) in [7, 11) is 0. The molecule has 108 valence electrons. The Kier molecular flexibility index (Phi) is 6.11. The zero-order valence-electron chi connectivity index (χ0n) is 12.4. The van der Waals surface area contributed by atoms with E-state index in [4.69, 9.17) is 5.11 Å². The Hall–Kier alpha value is -1.30. The summed E-state index contributed by atoms with van der Waals surface area (Å²) >= 11 is 0. The fourth-order valence-corrected chi connectivity index (χ4v) is 2.65. The number of aliphatic hydroxyl groups excluding tert-OH is 1. The minimum atomic E-state index is 0.137. The molecule has 0 aromatic heterocycles. The van der Waals surface area contributed by atoms with Gasteiger partial charge in [0.05, 0.1) is 6.61 Å². The Morgan fingerprint density at radius 3 is 2.75 bits per heavy atom. The number of likely N-dealkylation sites (tertiary alicyclic amines) is 1. The van der Waals surface area contributed by atoms with Gasteiger partial charge in [0.1, 0.15) is 0 Å². The summed E-state index contributed by atoms with van der Waals surface area (Å²) in [6, 6.07) is 8.52. The summed E-state index contributed by atoms with van der Waals surface area (Å²) in [5.74, 6) is 6.90. The van der Waals surface area contributed by atoms with E-state index in [9.17, 15) is 0 Å². The third-order valence-corrected chi connectivity index (χ3v) is 3.94. The van der Waals surface area contributed by atoms with Crippen LogP contribution in [0.1, 0.15) is 43.7 Å². The fourth-order valence-electron chi connectivity index (χ4n) is 2.65. The van der Waals surface area contributed by atoms with E-state index in [2.05, 4.69) is 47.9 Å². The van der Waals surface area contributed by atoms with Crippen LogP contribution in [0.3, 0.4) is 0 Å². The number of rotatable bonds is 3. The molecule has 0 radical (unpaired) electrons. The molecule has 1 aromatic carbocycles. The number of nitrogens with zero attached hydrogens (tertiary/aromatic N) is 1. The van der Waals surface area contributed by atoms with Crippen LogP contribution in [0, 0.1) is 17.8 Å². The van der Waals surface area contributed by atoms with Crippen LogP contribution < -0.4 is 0 Å². The first-order valence-corrected chi connectivity index (χ1v) is 7.69. The molecule has 1 heterocycles. The Balaban J connectivity index is 1.88. The molecule has 0 spiro atoms. The monoisotopic (exact) mass is 271 g/mol. The largest absolute Gasteiger partial charge is 0.395 e. The second kappa shape index (κ2) is 8.09. The van der Waals surface area contributed by atoms with Gasteiger partial charge in [0.15, 0.2) is 0 Å². The van der Waals surface area contributed by atoms with E-state index in [1.165, 1.54) is 37.9 Å². The first kappa shape index (κ1) is 15.1. The predicted molar refractivity (Wildman–Crippen MR) is 83.3 cm³/mol. The van der Waals surface area contributed by atoms with Gasteiger partial charge < -0.3 is 5.11 Å². The van der Waals surface area contributed by atoms with Crippen LogP contribution >= 0.6 is 0 Å². The summed E-state index contributed by atoms with van der Waals surface area (Å²) < 4.78 is 0. The Bertz CT molecular complexity index is 455. The molecule has 1 saturated heterocycles. The summed E-state index contributed by atoms with van der Waals surface area (Å²) in [5, 5.41) is 8.70. The van der Waals surface area contributed by atoms with Crippen molar-refractivity contribution in [2.24, 2.45) is 5.92 Å². The van der Waals surface area contributed by atoms with Crippen molar-refractivity contribution in [2.45, 2.75) is 39.2 Å². The van der Waals surface area contributed by atoms with Gasteiger partial charge in [-0.3, -0.25) is 4.90 Å². The average Bonchev–Trinajstić information content (AvgIpc) is 2.66. The highest BCUT2D eigenvalue weighted by atomic mass is 16.2. The lowest BCUT2D eigenvalue weighted by molar-refractivity contribution is 0.273. The number of aliphatic hydroxyl groups is 1. The average molecular weight is 271 g/mol. The zero-order chi connectivity index (χ0) is 14.2. The number of hydrogen-bond donors (Lipinski definition) is 1. The first-order chi connectivity index (χ1) is 9.78. The van der Waals surface area contributed by atoms with Crippen molar-refractivity contribution in [1.82, 2.24) is 4.90 Å². The molecule has 0 amide bonds. The van der Waals surface area contributed by atoms with Gasteiger partial charge in [-0.1, -0.05) is 30.9 Å². The van der Waals surface area contributed by atoms with Gasteiger partial charge in [0.2, 0.25) is 0 Å². The maximum absolute atomic E-state index is 8.70. The van der Waals surface area contributed by atoms with Crippen LogP contribution in [0.2, 0.25) is 0 Å². The minimum absolute atomic E-state index is 0.137. The highest BCUT2D eigenvalue weighted by Crippen LogP contribution is 2.18. The summed E-state index contributed by atoms with van der Waals surface area (Å²) in [4.78, 5) is 2.57. The van der Waals surface area contributed by atoms with E-state index in [1.54, 1.807) is 0 Å². The molecule has 1 unspecified atom stereocenters. The summed E-state index contributed by atoms with van der Waals surface area (Å²) in [5.41, 5.74) is 2.40. The van der Waals surface area contributed by atoms with Crippen LogP contribution in [0.4, 0.5) is 0 Å². The quantitative estimate of drug-likeness (QED) is 0.854. The van der Waals surface area contributed by atoms with Gasteiger partial charge in [-0.15, -0.1) is 0 Å². The molecule has 2 rings (SSSR count). The minimum Gasteiger partial charge on any atom is -0.395 e. The van der Waals surface area contributed by atoms with Crippen LogP contribution in [0.25, 0.3) is 0 Å². The third-order valence-electron chi connectivity index (χ3n) is 3.94. The molecular weight excluding hydrogens is 246 g/mol. The van der Waals surface area contributed by atoms with E-state index >= 15 is 0 Å². The number of hydrogen-bond acceptors (Lipinski definition) is 2. The molecule has 1 aromatic rings. The van der Waals surface area contributed by atoms with Crippen LogP contribution in [0.5, 0.6) is 0 Å². The zero-order valence-corrected chi connectivity index (χ0v) is 12.4. The molecule has 1 aliphatic rings. The van der Waals surface area contributed by atoms with Crippen molar-refractivity contribution in [3.8, 4) is 11.8 Å². The fraction of sp³-hybridized carbons (Fsp3) is 0.556. The molecule has 1 N–H and O–H groups in total. The molecule has 0 saturated carbocycles. The van der Waals surface area contributed by atoms with Crippen molar-refractivity contribution in [2.75, 3.05) is 19.7 Å². The van der Waals surface area contributed by atoms with Crippen LogP contribution in [-0.2, 0) is 6.54 Å². The van der Waals surface area contributed by atoms with Gasteiger partial charge in [0, 0.05) is 18.5 Å². The van der Waals surface area contributed by atoms with Crippen molar-refractivity contribution in [3.63, 3.8) is 0 Å². The van der Waals surface area contributed by atoms with Crippen molar-refractivity contribution >= 4 is 0 Å². The maximum atomic E-state index is 8.70. The van der Waals surface area contributed by atoms with Crippen LogP contribution in [0.15, 0.2) is 24.3 Å². The standard InChI is InChI=1S/C18H25NO/c1-16-5-4-12-19(13-11-16)15-18-9-7-17(8-10-18)6-2-3-14-20/h7-10,16,20H,3-5,11-15H2,1H3. The van der Waals surface area contributed by atoms with Gasteiger partial charge in [0.25, 0.3) is 0 Å². The molecule has 1 atom stereocenters. The van der Waals surface area contributed by atoms with Crippen molar-refractivity contribution in [1.29, 1.82) is 0 Å². The lowest BCUT2D eigenvalue weighted by Gasteiger charge is -2.19. The van der Waals surface area contributed by atoms with Crippen molar-refractivity contribution in [3.05, 3.63) is 35.4 Å². The Morgan fingerprint density at radius 1 is 1.20 bits per heavy atom. The second-order valence-corrected chi connectivity index (χ2v) is 5.78. The first-order valence-electron chi connectivity index (χ1n) is 7.69. The molecule has 0 bridgehead atoms. The lowest BCUT2D eigenvalue weighted by Crippen LogP contribution is -2.24. The highest BCUT2D eigenvalue weighted by molar-refractivity contribution is 5.36. The lowest BCUT2D eigenvalue weighted by atomic mass is 10.0. The Labute approximate surface area is 122 Å². The van der Waals surface area contributed by atoms with E-state index < -0.39 is 0 Å². The normalized spacial score (nSPS) is 20.0. The number of benzene rings is 1. The highest BCUT2D eigenvalue weighted by Gasteiger charge is 2.13. The summed E-state index contributed by atoms with van der Waals surface area (Å²) in [6.07, 6.45) is 4.57. The molecule has 20 heavy (non-hydrogen) atoms. The molecule has 2 nitrogen and oxygen atoms in total. The SMILES string of the molecule is CC1CCCN(Cc2ccc(C#CCCO)cc2)CC1. The van der Waals surface area contributed by atoms with E-state index in [-0.39, 0.29) is 6.61 Å². The molecular formula is C18H25NO. The van der Waals surface area contributed by atoms with E-state index in [0.29, 0.717) is 6.42 Å². The molecule has 1 aliphatic heterocycles. The van der Waals surface area contributed by atoms with Gasteiger partial charge in [-0.05, 0) is 56.0 Å². The van der Waals surface area contributed by atoms with E-state index in [0.717, 1.165) is 18.0 Å². The van der Waals surface area contributed by atoms with Crippen LogP contribution in [-0.4, -0.2) is 29.7 Å². The second-order valence-electron chi connectivity index (χ2n) is 5.78. The van der Waals surface area contributed by atoms with Gasteiger partial charge in [-0.2, -0.15) is 0 Å². The predicted octanol–water partition coefficient (Wildman–Crippen LogP) is 3.04. The van der Waals surface area contributed by atoms with Gasteiger partial charge in [-0.25, -0.2) is 0 Å². The smallest absolute Gasteiger partial charge is 0.0540 e. The Morgan fingerprint density at radius 2 is 2.00 bits per heavy atom. The topological polar surface area (TPSA) is 23.5 Å². The molecule has 2 heteroatoms. The summed E-state index contributed by atoms with van der Waals surface area (Å²) in [6.45, 7) is 6.00. The maximum Gasteiger partial charge on any atom is 0.0540 e. The van der Waals surface area contributed by atoms with Crippen molar-refractivity contribution < 1.29 is 5.11 Å². The third kappa shape index (κ3) is 5.00. The van der Waals surface area contributed by atoms with E-state index in [1.807, 2.05) is 0 Å². The molecule has 0 aliphatic carbocycles.